The van der Waals surface area contributed by atoms with E-state index in [0.29, 0.717) is 11.8 Å². The van der Waals surface area contributed by atoms with Crippen LogP contribution < -0.4 is 0 Å². The normalized spacial score (nSPS) is 23.0. The van der Waals surface area contributed by atoms with Gasteiger partial charge in [0.05, 0.1) is 6.10 Å². The third-order valence-corrected chi connectivity index (χ3v) is 4.77. The second-order valence-electron chi connectivity index (χ2n) is 6.80. The van der Waals surface area contributed by atoms with Gasteiger partial charge in [0.15, 0.2) is 0 Å². The Bertz CT molecular complexity index is 373. The van der Waals surface area contributed by atoms with Crippen LogP contribution in [0, 0.1) is 11.8 Å². The molecule has 0 spiro atoms. The van der Waals surface area contributed by atoms with Gasteiger partial charge < -0.3 is 10.2 Å². The van der Waals surface area contributed by atoms with Crippen LogP contribution in [0.5, 0.6) is 0 Å². The minimum Gasteiger partial charge on any atom is -0.481 e. The van der Waals surface area contributed by atoms with Crippen molar-refractivity contribution in [3.8, 4) is 0 Å². The zero-order chi connectivity index (χ0) is 16.9. The summed E-state index contributed by atoms with van der Waals surface area (Å²) < 4.78 is 0. The Morgan fingerprint density at radius 1 is 1.22 bits per heavy atom. The van der Waals surface area contributed by atoms with Crippen LogP contribution in [-0.4, -0.2) is 22.3 Å². The van der Waals surface area contributed by atoms with E-state index in [1.807, 2.05) is 6.08 Å². The number of carbonyl (C=O) groups is 1. The van der Waals surface area contributed by atoms with Crippen LogP contribution in [0.4, 0.5) is 0 Å². The summed E-state index contributed by atoms with van der Waals surface area (Å²) in [4.78, 5) is 10.4. The molecular formula is C20H34O3. The third kappa shape index (κ3) is 9.60. The number of aliphatic hydroxyl groups excluding tert-OH is 1. The van der Waals surface area contributed by atoms with Crippen LogP contribution in [0.15, 0.2) is 24.3 Å². The van der Waals surface area contributed by atoms with Gasteiger partial charge in [-0.15, -0.1) is 0 Å². The van der Waals surface area contributed by atoms with Gasteiger partial charge in [-0.3, -0.25) is 4.79 Å². The van der Waals surface area contributed by atoms with Crippen molar-refractivity contribution in [1.29, 1.82) is 0 Å². The first-order chi connectivity index (χ1) is 11.1. The Hall–Kier alpha value is -1.09. The molecule has 3 heteroatoms. The SMILES string of the molecule is CCCCCC(O)/C=C/[C@H]1CCCC1C/C=C\CCCC(=O)O. The van der Waals surface area contributed by atoms with Gasteiger partial charge in [-0.25, -0.2) is 0 Å². The number of hydrogen-bond donors (Lipinski definition) is 2. The highest BCUT2D eigenvalue weighted by Gasteiger charge is 2.23. The van der Waals surface area contributed by atoms with Crippen molar-refractivity contribution in [3.63, 3.8) is 0 Å². The van der Waals surface area contributed by atoms with Crippen molar-refractivity contribution >= 4 is 5.97 Å². The van der Waals surface area contributed by atoms with Crippen LogP contribution in [0.3, 0.4) is 0 Å². The molecule has 3 atom stereocenters. The Morgan fingerprint density at radius 3 is 2.78 bits per heavy atom. The lowest BCUT2D eigenvalue weighted by Crippen LogP contribution is -2.07. The zero-order valence-corrected chi connectivity index (χ0v) is 14.6. The van der Waals surface area contributed by atoms with E-state index in [9.17, 15) is 9.90 Å². The van der Waals surface area contributed by atoms with Gasteiger partial charge in [0.25, 0.3) is 0 Å². The number of aliphatic carboxylic acids is 1. The monoisotopic (exact) mass is 322 g/mol. The smallest absolute Gasteiger partial charge is 0.303 e. The fraction of sp³-hybridized carbons (Fsp3) is 0.750. The second kappa shape index (κ2) is 12.3. The maximum atomic E-state index is 10.4. The number of carboxylic acid groups (broad SMARTS) is 1. The molecule has 132 valence electrons. The molecule has 1 aliphatic rings. The van der Waals surface area contributed by atoms with Gasteiger partial charge >= 0.3 is 5.97 Å². The molecule has 0 aromatic heterocycles. The van der Waals surface area contributed by atoms with E-state index in [-0.39, 0.29) is 12.5 Å². The molecule has 3 nitrogen and oxygen atoms in total. The number of allylic oxidation sites excluding steroid dienone is 3. The topological polar surface area (TPSA) is 57.5 Å². The fourth-order valence-corrected chi connectivity index (χ4v) is 3.34. The molecule has 1 aliphatic carbocycles. The Balaban J connectivity index is 2.24. The minimum absolute atomic E-state index is 0.259. The van der Waals surface area contributed by atoms with Crippen molar-refractivity contribution in [1.82, 2.24) is 0 Å². The highest BCUT2D eigenvalue weighted by atomic mass is 16.4. The number of rotatable bonds is 12. The largest absolute Gasteiger partial charge is 0.481 e. The first-order valence-corrected chi connectivity index (χ1v) is 9.36. The lowest BCUT2D eigenvalue weighted by Gasteiger charge is -2.15. The first kappa shape index (κ1) is 20.0. The summed E-state index contributed by atoms with van der Waals surface area (Å²) in [5, 5.41) is 18.6. The molecule has 0 heterocycles. The highest BCUT2D eigenvalue weighted by Crippen LogP contribution is 2.35. The lowest BCUT2D eigenvalue weighted by molar-refractivity contribution is -0.137. The summed E-state index contributed by atoms with van der Waals surface area (Å²) in [5.74, 6) is 0.571. The minimum atomic E-state index is -0.711. The van der Waals surface area contributed by atoms with Crippen molar-refractivity contribution < 1.29 is 15.0 Å². The number of unbranched alkanes of at least 4 members (excludes halogenated alkanes) is 3. The summed E-state index contributed by atoms with van der Waals surface area (Å²) in [6, 6.07) is 0. The number of aliphatic hydroxyl groups is 1. The third-order valence-electron chi connectivity index (χ3n) is 4.77. The highest BCUT2D eigenvalue weighted by molar-refractivity contribution is 5.66. The van der Waals surface area contributed by atoms with Gasteiger partial charge in [0.1, 0.15) is 0 Å². The maximum Gasteiger partial charge on any atom is 0.303 e. The fourth-order valence-electron chi connectivity index (χ4n) is 3.34. The molecule has 1 saturated carbocycles. The van der Waals surface area contributed by atoms with E-state index in [1.165, 1.54) is 32.1 Å². The van der Waals surface area contributed by atoms with E-state index in [1.54, 1.807) is 0 Å². The lowest BCUT2D eigenvalue weighted by atomic mass is 9.91. The first-order valence-electron chi connectivity index (χ1n) is 9.36. The van der Waals surface area contributed by atoms with E-state index in [2.05, 4.69) is 25.2 Å². The van der Waals surface area contributed by atoms with Gasteiger partial charge in [-0.1, -0.05) is 56.9 Å². The van der Waals surface area contributed by atoms with Gasteiger partial charge in [-0.2, -0.15) is 0 Å². The van der Waals surface area contributed by atoms with Crippen LogP contribution in [-0.2, 0) is 4.79 Å². The van der Waals surface area contributed by atoms with E-state index in [4.69, 9.17) is 5.11 Å². The molecule has 0 amide bonds. The van der Waals surface area contributed by atoms with Gasteiger partial charge in [0, 0.05) is 6.42 Å². The molecule has 2 N–H and O–H groups in total. The van der Waals surface area contributed by atoms with E-state index >= 15 is 0 Å². The molecular weight excluding hydrogens is 288 g/mol. The Labute approximate surface area is 141 Å². The Morgan fingerprint density at radius 2 is 2.04 bits per heavy atom. The Kier molecular flexibility index (Phi) is 10.7. The van der Waals surface area contributed by atoms with E-state index in [0.717, 1.165) is 32.1 Å². The number of hydrogen-bond acceptors (Lipinski definition) is 2. The molecule has 23 heavy (non-hydrogen) atoms. The predicted molar refractivity (Wildman–Crippen MR) is 95.4 cm³/mol. The zero-order valence-electron chi connectivity index (χ0n) is 14.6. The molecule has 0 aliphatic heterocycles. The number of carboxylic acids is 1. The summed E-state index contributed by atoms with van der Waals surface area (Å²) in [7, 11) is 0. The quantitative estimate of drug-likeness (QED) is 0.388. The molecule has 0 bridgehead atoms. The maximum absolute atomic E-state index is 10.4. The molecule has 2 unspecified atom stereocenters. The second-order valence-corrected chi connectivity index (χ2v) is 6.80. The molecule has 0 radical (unpaired) electrons. The molecule has 1 fully saturated rings. The van der Waals surface area contributed by atoms with Crippen LogP contribution in [0.1, 0.15) is 77.6 Å². The molecule has 1 rings (SSSR count). The van der Waals surface area contributed by atoms with Gasteiger partial charge in [-0.05, 0) is 50.4 Å². The van der Waals surface area contributed by atoms with Crippen LogP contribution in [0.2, 0.25) is 0 Å². The molecule has 0 aromatic carbocycles. The van der Waals surface area contributed by atoms with Crippen molar-refractivity contribution in [2.75, 3.05) is 0 Å². The van der Waals surface area contributed by atoms with Gasteiger partial charge in [0.2, 0.25) is 0 Å². The predicted octanol–water partition coefficient (Wildman–Crippen LogP) is 5.10. The average Bonchev–Trinajstić information content (AvgIpc) is 2.96. The molecule has 0 saturated heterocycles. The summed E-state index contributed by atoms with van der Waals surface area (Å²) in [6.07, 6.45) is 19.4. The van der Waals surface area contributed by atoms with Crippen molar-refractivity contribution in [3.05, 3.63) is 24.3 Å². The van der Waals surface area contributed by atoms with Crippen LogP contribution >= 0.6 is 0 Å². The van der Waals surface area contributed by atoms with Crippen molar-refractivity contribution in [2.24, 2.45) is 11.8 Å². The molecule has 0 aromatic rings. The summed E-state index contributed by atoms with van der Waals surface area (Å²) in [5.41, 5.74) is 0. The van der Waals surface area contributed by atoms with Crippen LogP contribution in [0.25, 0.3) is 0 Å². The van der Waals surface area contributed by atoms with Crippen molar-refractivity contribution in [2.45, 2.75) is 83.7 Å². The average molecular weight is 322 g/mol. The van der Waals surface area contributed by atoms with E-state index < -0.39 is 5.97 Å². The summed E-state index contributed by atoms with van der Waals surface area (Å²) >= 11 is 0. The standard InChI is InChI=1S/C20H34O3/c1-2-3-6-13-19(21)16-15-18-12-9-11-17(18)10-7-4-5-8-14-20(22)23/h4,7,15-19,21H,2-3,5-6,8-14H2,1H3,(H,22,23)/b7-4-,16-15+/t17?,18-,19?/m1/s1. The summed E-state index contributed by atoms with van der Waals surface area (Å²) in [6.45, 7) is 2.18.